The third-order valence-corrected chi connectivity index (χ3v) is 3.24. The Bertz CT molecular complexity index is 512. The van der Waals surface area contributed by atoms with Gasteiger partial charge in [0.2, 0.25) is 0 Å². The summed E-state index contributed by atoms with van der Waals surface area (Å²) in [5.74, 6) is 0.428. The lowest BCUT2D eigenvalue weighted by Gasteiger charge is -2.27. The summed E-state index contributed by atoms with van der Waals surface area (Å²) < 4.78 is 15.2. The number of aryl methyl sites for hydroxylation is 1. The average molecular weight is 204 g/mol. The van der Waals surface area contributed by atoms with Crippen LogP contribution >= 0.6 is 0 Å². The second-order valence-electron chi connectivity index (χ2n) is 4.19. The first kappa shape index (κ1) is 8.92. The van der Waals surface area contributed by atoms with Crippen molar-refractivity contribution in [1.29, 1.82) is 0 Å². The molecule has 0 spiro atoms. The summed E-state index contributed by atoms with van der Waals surface area (Å²) in [5.41, 5.74) is 2.41. The normalized spacial score (nSPS) is 16.9. The summed E-state index contributed by atoms with van der Waals surface area (Å²) in [6.45, 7) is 2.07. The van der Waals surface area contributed by atoms with Crippen LogP contribution in [0, 0.1) is 5.82 Å². The van der Waals surface area contributed by atoms with Gasteiger partial charge in [-0.2, -0.15) is 0 Å². The Morgan fingerprint density at radius 1 is 1.33 bits per heavy atom. The maximum atomic E-state index is 13.1. The molecule has 0 atom stereocenters. The Hall–Kier alpha value is -1.35. The van der Waals surface area contributed by atoms with Gasteiger partial charge in [0.15, 0.2) is 0 Å². The summed E-state index contributed by atoms with van der Waals surface area (Å²) in [4.78, 5) is 0. The Morgan fingerprint density at radius 2 is 2.13 bits per heavy atom. The molecule has 1 aromatic heterocycles. The van der Waals surface area contributed by atoms with Gasteiger partial charge in [-0.3, -0.25) is 0 Å². The zero-order valence-corrected chi connectivity index (χ0v) is 8.63. The van der Waals surface area contributed by atoms with Crippen LogP contribution in [0.15, 0.2) is 24.3 Å². The van der Waals surface area contributed by atoms with Gasteiger partial charge in [0.25, 0.3) is 0 Å². The highest BCUT2D eigenvalue weighted by molar-refractivity contribution is 5.81. The fourth-order valence-corrected chi connectivity index (χ4v) is 2.23. The predicted molar refractivity (Wildman–Crippen MR) is 58.5 cm³/mol. The van der Waals surface area contributed by atoms with Crippen molar-refractivity contribution in [2.45, 2.75) is 5.92 Å². The molecule has 0 radical (unpaired) electrons. The van der Waals surface area contributed by atoms with E-state index in [1.165, 1.54) is 11.8 Å². The second-order valence-corrected chi connectivity index (χ2v) is 4.19. The van der Waals surface area contributed by atoms with Gasteiger partial charge in [0, 0.05) is 42.7 Å². The minimum Gasteiger partial charge on any atom is -0.347 e. The summed E-state index contributed by atoms with van der Waals surface area (Å²) in [7, 11) is 2.05. The fourth-order valence-electron chi connectivity index (χ4n) is 2.23. The number of aromatic nitrogens is 1. The Kier molecular flexibility index (Phi) is 1.83. The predicted octanol–water partition coefficient (Wildman–Crippen LogP) is 2.00. The van der Waals surface area contributed by atoms with E-state index in [4.69, 9.17) is 0 Å². The van der Waals surface area contributed by atoms with Crippen molar-refractivity contribution < 1.29 is 4.39 Å². The van der Waals surface area contributed by atoms with E-state index in [1.807, 2.05) is 13.1 Å². The molecule has 1 aliphatic heterocycles. The van der Waals surface area contributed by atoms with Crippen LogP contribution in [0.1, 0.15) is 11.6 Å². The van der Waals surface area contributed by atoms with Crippen molar-refractivity contribution in [2.75, 3.05) is 13.1 Å². The average Bonchev–Trinajstić information content (AvgIpc) is 2.41. The van der Waals surface area contributed by atoms with E-state index >= 15 is 0 Å². The van der Waals surface area contributed by atoms with E-state index in [9.17, 15) is 4.39 Å². The lowest BCUT2D eigenvalue weighted by atomic mass is 9.99. The zero-order valence-electron chi connectivity index (χ0n) is 8.63. The number of fused-ring (bicyclic) bond motifs is 1. The van der Waals surface area contributed by atoms with E-state index in [0.29, 0.717) is 5.92 Å². The van der Waals surface area contributed by atoms with Crippen LogP contribution in [0.4, 0.5) is 4.39 Å². The van der Waals surface area contributed by atoms with Gasteiger partial charge in [-0.1, -0.05) is 0 Å². The second kappa shape index (κ2) is 3.07. The molecule has 0 aliphatic carbocycles. The van der Waals surface area contributed by atoms with Crippen molar-refractivity contribution in [3.05, 3.63) is 35.8 Å². The SMILES string of the molecule is Cn1c(C2CNC2)cc2cc(F)ccc21. The van der Waals surface area contributed by atoms with E-state index in [1.54, 1.807) is 6.07 Å². The topological polar surface area (TPSA) is 17.0 Å². The molecule has 3 heteroatoms. The molecule has 2 heterocycles. The Labute approximate surface area is 87.7 Å². The molecule has 3 rings (SSSR count). The van der Waals surface area contributed by atoms with E-state index in [-0.39, 0.29) is 5.82 Å². The molecule has 0 bridgehead atoms. The van der Waals surface area contributed by atoms with Crippen LogP contribution in [-0.4, -0.2) is 17.7 Å². The molecule has 0 amide bonds. The minimum atomic E-state index is -0.161. The molecular formula is C12H13FN2. The highest BCUT2D eigenvalue weighted by atomic mass is 19.1. The standard InChI is InChI=1S/C12H13FN2/c1-15-11-3-2-10(13)4-8(11)5-12(15)9-6-14-7-9/h2-5,9,14H,6-7H2,1H3. The van der Waals surface area contributed by atoms with Crippen molar-refractivity contribution in [1.82, 2.24) is 9.88 Å². The van der Waals surface area contributed by atoms with Gasteiger partial charge in [-0.25, -0.2) is 4.39 Å². The van der Waals surface area contributed by atoms with E-state index in [0.717, 1.165) is 24.0 Å². The number of nitrogens with zero attached hydrogens (tertiary/aromatic N) is 1. The van der Waals surface area contributed by atoms with Crippen molar-refractivity contribution in [2.24, 2.45) is 7.05 Å². The number of benzene rings is 1. The van der Waals surface area contributed by atoms with Crippen molar-refractivity contribution in [3.63, 3.8) is 0 Å². The van der Waals surface area contributed by atoms with E-state index in [2.05, 4.69) is 16.0 Å². The van der Waals surface area contributed by atoms with Crippen LogP contribution in [0.5, 0.6) is 0 Å². The first-order chi connectivity index (χ1) is 7.25. The molecule has 1 N–H and O–H groups in total. The largest absolute Gasteiger partial charge is 0.347 e. The van der Waals surface area contributed by atoms with Crippen molar-refractivity contribution in [3.8, 4) is 0 Å². The highest BCUT2D eigenvalue weighted by Gasteiger charge is 2.22. The van der Waals surface area contributed by atoms with E-state index < -0.39 is 0 Å². The Balaban J connectivity index is 2.19. The van der Waals surface area contributed by atoms with Crippen LogP contribution in [0.25, 0.3) is 10.9 Å². The summed E-state index contributed by atoms with van der Waals surface area (Å²) in [5, 5.41) is 4.25. The molecule has 2 nitrogen and oxygen atoms in total. The molecule has 1 aliphatic rings. The molecule has 78 valence electrons. The third kappa shape index (κ3) is 1.27. The highest BCUT2D eigenvalue weighted by Crippen LogP contribution is 2.27. The van der Waals surface area contributed by atoms with Gasteiger partial charge >= 0.3 is 0 Å². The lowest BCUT2D eigenvalue weighted by molar-refractivity contribution is 0.432. The first-order valence-electron chi connectivity index (χ1n) is 5.21. The maximum absolute atomic E-state index is 13.1. The van der Waals surface area contributed by atoms with Crippen LogP contribution in [0.3, 0.4) is 0 Å². The molecule has 15 heavy (non-hydrogen) atoms. The quantitative estimate of drug-likeness (QED) is 0.751. The number of halogens is 1. The van der Waals surface area contributed by atoms with Crippen LogP contribution < -0.4 is 5.32 Å². The van der Waals surface area contributed by atoms with Gasteiger partial charge < -0.3 is 9.88 Å². The van der Waals surface area contributed by atoms with Crippen LogP contribution in [0.2, 0.25) is 0 Å². The van der Waals surface area contributed by atoms with Gasteiger partial charge in [0.1, 0.15) is 5.82 Å². The van der Waals surface area contributed by atoms with Gasteiger partial charge in [0.05, 0.1) is 0 Å². The first-order valence-corrected chi connectivity index (χ1v) is 5.21. The van der Waals surface area contributed by atoms with Crippen LogP contribution in [-0.2, 0) is 7.05 Å². The summed E-state index contributed by atoms with van der Waals surface area (Å²) in [6, 6.07) is 7.07. The molecule has 0 saturated carbocycles. The molecule has 1 saturated heterocycles. The number of rotatable bonds is 1. The summed E-state index contributed by atoms with van der Waals surface area (Å²) >= 11 is 0. The zero-order chi connectivity index (χ0) is 10.4. The molecule has 1 aromatic carbocycles. The minimum absolute atomic E-state index is 0.161. The molecule has 1 fully saturated rings. The van der Waals surface area contributed by atoms with Gasteiger partial charge in [-0.05, 0) is 24.3 Å². The number of hydrogen-bond acceptors (Lipinski definition) is 1. The molecule has 0 unspecified atom stereocenters. The number of hydrogen-bond donors (Lipinski definition) is 1. The maximum Gasteiger partial charge on any atom is 0.123 e. The molecular weight excluding hydrogens is 191 g/mol. The smallest absolute Gasteiger partial charge is 0.123 e. The van der Waals surface area contributed by atoms with Crippen molar-refractivity contribution >= 4 is 10.9 Å². The third-order valence-electron chi connectivity index (χ3n) is 3.24. The van der Waals surface area contributed by atoms with Gasteiger partial charge in [-0.15, -0.1) is 0 Å². The fraction of sp³-hybridized carbons (Fsp3) is 0.333. The monoisotopic (exact) mass is 204 g/mol. The Morgan fingerprint density at radius 3 is 2.80 bits per heavy atom. The lowest BCUT2D eigenvalue weighted by Crippen LogP contribution is -2.40. The number of nitrogens with one attached hydrogen (secondary N) is 1. The summed E-state index contributed by atoms with van der Waals surface area (Å²) in [6.07, 6.45) is 0. The molecule has 2 aromatic rings.